The summed E-state index contributed by atoms with van der Waals surface area (Å²) >= 11 is 0. The van der Waals surface area contributed by atoms with E-state index in [0.717, 1.165) is 11.3 Å². The fourth-order valence-corrected chi connectivity index (χ4v) is 0.980. The molecule has 6 N–H and O–H groups in total. The van der Waals surface area contributed by atoms with Crippen molar-refractivity contribution in [3.05, 3.63) is 35.3 Å². The summed E-state index contributed by atoms with van der Waals surface area (Å²) in [5.74, 6) is 5.63. The van der Waals surface area contributed by atoms with E-state index in [1.165, 1.54) is 5.01 Å². The van der Waals surface area contributed by atoms with Gasteiger partial charge in [0, 0.05) is 18.4 Å². The average Bonchev–Trinajstić information content (AvgIpc) is 2.08. The smallest absolute Gasteiger partial charge is 0.0771 e. The summed E-state index contributed by atoms with van der Waals surface area (Å²) in [6.45, 7) is 2.30. The van der Waals surface area contributed by atoms with Crippen molar-refractivity contribution in [3.63, 3.8) is 0 Å². The Kier molecular flexibility index (Phi) is 2.52. The highest BCUT2D eigenvalue weighted by atomic mass is 15.4. The second-order valence-corrected chi connectivity index (χ2v) is 2.73. The number of rotatable bonds is 1. The molecule has 12 heavy (non-hydrogen) atoms. The Balaban J connectivity index is 2.99. The molecule has 0 aromatic heterocycles. The van der Waals surface area contributed by atoms with Crippen LogP contribution in [0.25, 0.3) is 0 Å². The Morgan fingerprint density at radius 1 is 1.58 bits per heavy atom. The maximum atomic E-state index is 5.65. The van der Waals surface area contributed by atoms with Crippen molar-refractivity contribution < 1.29 is 0 Å². The molecule has 0 aromatic carbocycles. The molecule has 1 heterocycles. The monoisotopic (exact) mass is 166 g/mol. The summed E-state index contributed by atoms with van der Waals surface area (Å²) < 4.78 is 0. The Labute approximate surface area is 72.0 Å². The first-order valence-electron chi connectivity index (χ1n) is 3.74. The summed E-state index contributed by atoms with van der Waals surface area (Å²) in [7, 11) is 0. The van der Waals surface area contributed by atoms with Gasteiger partial charge in [0.2, 0.25) is 0 Å². The molecule has 0 bridgehead atoms. The minimum atomic E-state index is 0.320. The molecule has 0 aliphatic carbocycles. The van der Waals surface area contributed by atoms with Crippen molar-refractivity contribution in [2.45, 2.75) is 6.92 Å². The molecule has 0 aromatic rings. The van der Waals surface area contributed by atoms with Gasteiger partial charge in [-0.05, 0) is 24.6 Å². The van der Waals surface area contributed by atoms with Gasteiger partial charge in [0.15, 0.2) is 0 Å². The van der Waals surface area contributed by atoms with Crippen molar-refractivity contribution in [2.24, 2.45) is 17.3 Å². The molecule has 66 valence electrons. The Morgan fingerprint density at radius 2 is 2.25 bits per heavy atom. The van der Waals surface area contributed by atoms with E-state index in [-0.39, 0.29) is 0 Å². The zero-order valence-corrected chi connectivity index (χ0v) is 7.12. The molecule has 4 heteroatoms. The van der Waals surface area contributed by atoms with Gasteiger partial charge in [-0.3, -0.25) is 5.01 Å². The SMILES string of the molecule is CC1=C/C(=C(/N)CN)N(N)C=C1. The van der Waals surface area contributed by atoms with Gasteiger partial charge in [0.25, 0.3) is 0 Å². The van der Waals surface area contributed by atoms with Gasteiger partial charge in [0.05, 0.1) is 5.70 Å². The van der Waals surface area contributed by atoms with E-state index in [2.05, 4.69) is 0 Å². The van der Waals surface area contributed by atoms with Gasteiger partial charge in [-0.15, -0.1) is 0 Å². The maximum absolute atomic E-state index is 5.65. The first kappa shape index (κ1) is 8.83. The third-order valence-electron chi connectivity index (χ3n) is 1.69. The molecule has 1 aliphatic heterocycles. The third kappa shape index (κ3) is 1.66. The summed E-state index contributed by atoms with van der Waals surface area (Å²) in [5, 5.41) is 1.47. The molecular weight excluding hydrogens is 152 g/mol. The number of hydrogen-bond acceptors (Lipinski definition) is 4. The summed E-state index contributed by atoms with van der Waals surface area (Å²) in [5.41, 5.74) is 13.5. The standard InChI is InChI=1S/C8H14N4/c1-6-2-3-12(11)8(4-6)7(10)5-9/h2-4H,5,9-11H2,1H3/b8-7-. The molecule has 0 saturated heterocycles. The lowest BCUT2D eigenvalue weighted by Crippen LogP contribution is -2.29. The number of nitrogens with two attached hydrogens (primary N) is 3. The Hall–Kier alpha value is -1.26. The van der Waals surface area contributed by atoms with E-state index < -0.39 is 0 Å². The normalized spacial score (nSPS) is 20.9. The van der Waals surface area contributed by atoms with Crippen LogP contribution in [0.5, 0.6) is 0 Å². The van der Waals surface area contributed by atoms with E-state index in [9.17, 15) is 0 Å². The van der Waals surface area contributed by atoms with E-state index >= 15 is 0 Å². The molecule has 0 atom stereocenters. The van der Waals surface area contributed by atoms with Crippen LogP contribution in [-0.4, -0.2) is 11.6 Å². The van der Waals surface area contributed by atoms with E-state index in [1.54, 1.807) is 6.20 Å². The van der Waals surface area contributed by atoms with Crippen molar-refractivity contribution in [1.82, 2.24) is 5.01 Å². The van der Waals surface area contributed by atoms with Crippen LogP contribution in [0.2, 0.25) is 0 Å². The molecule has 0 radical (unpaired) electrons. The predicted octanol–water partition coefficient (Wildman–Crippen LogP) is -0.235. The van der Waals surface area contributed by atoms with Gasteiger partial charge in [0.1, 0.15) is 0 Å². The lowest BCUT2D eigenvalue weighted by molar-refractivity contribution is 0.495. The number of nitrogens with zero attached hydrogens (tertiary/aromatic N) is 1. The second-order valence-electron chi connectivity index (χ2n) is 2.73. The summed E-state index contributed by atoms with van der Waals surface area (Å²) in [4.78, 5) is 0. The number of hydrazine groups is 1. The van der Waals surface area contributed by atoms with Crippen LogP contribution >= 0.6 is 0 Å². The minimum absolute atomic E-state index is 0.320. The Morgan fingerprint density at radius 3 is 2.83 bits per heavy atom. The largest absolute Gasteiger partial charge is 0.399 e. The zero-order valence-electron chi connectivity index (χ0n) is 7.12. The lowest BCUT2D eigenvalue weighted by atomic mass is 10.1. The van der Waals surface area contributed by atoms with Crippen LogP contribution in [0.1, 0.15) is 6.92 Å². The topological polar surface area (TPSA) is 81.3 Å². The predicted molar refractivity (Wildman–Crippen MR) is 49.2 cm³/mol. The van der Waals surface area contributed by atoms with Gasteiger partial charge in [-0.1, -0.05) is 0 Å². The minimum Gasteiger partial charge on any atom is -0.399 e. The quantitative estimate of drug-likeness (QED) is 0.470. The molecule has 0 spiro atoms. The van der Waals surface area contributed by atoms with E-state index in [0.29, 0.717) is 12.2 Å². The van der Waals surface area contributed by atoms with Crippen molar-refractivity contribution in [1.29, 1.82) is 0 Å². The van der Waals surface area contributed by atoms with Gasteiger partial charge in [-0.2, -0.15) is 0 Å². The molecule has 4 nitrogen and oxygen atoms in total. The Bertz CT molecular complexity index is 262. The van der Waals surface area contributed by atoms with Crippen LogP contribution in [0.4, 0.5) is 0 Å². The number of hydrogen-bond donors (Lipinski definition) is 3. The van der Waals surface area contributed by atoms with Crippen LogP contribution in [0.15, 0.2) is 35.3 Å². The highest BCUT2D eigenvalue weighted by Gasteiger charge is 2.07. The molecule has 0 fully saturated rings. The first-order valence-corrected chi connectivity index (χ1v) is 3.74. The van der Waals surface area contributed by atoms with Crippen molar-refractivity contribution in [2.75, 3.05) is 6.54 Å². The van der Waals surface area contributed by atoms with Crippen LogP contribution in [-0.2, 0) is 0 Å². The van der Waals surface area contributed by atoms with E-state index in [4.69, 9.17) is 17.3 Å². The van der Waals surface area contributed by atoms with Crippen LogP contribution in [0, 0.1) is 0 Å². The molecular formula is C8H14N4. The fourth-order valence-electron chi connectivity index (χ4n) is 0.980. The summed E-state index contributed by atoms with van der Waals surface area (Å²) in [6.07, 6.45) is 5.57. The van der Waals surface area contributed by atoms with Crippen molar-refractivity contribution in [3.8, 4) is 0 Å². The molecule has 0 unspecified atom stereocenters. The molecule has 0 saturated carbocycles. The maximum Gasteiger partial charge on any atom is 0.0771 e. The zero-order chi connectivity index (χ0) is 9.14. The van der Waals surface area contributed by atoms with Gasteiger partial charge in [-0.25, -0.2) is 5.84 Å². The highest BCUT2D eigenvalue weighted by molar-refractivity contribution is 5.35. The second kappa shape index (κ2) is 3.42. The molecule has 1 aliphatic rings. The van der Waals surface area contributed by atoms with Gasteiger partial charge < -0.3 is 11.5 Å². The number of allylic oxidation sites excluding steroid dienone is 3. The average molecular weight is 166 g/mol. The fraction of sp³-hybridized carbons (Fsp3) is 0.250. The highest BCUT2D eigenvalue weighted by Crippen LogP contribution is 2.14. The van der Waals surface area contributed by atoms with Crippen molar-refractivity contribution >= 4 is 0 Å². The van der Waals surface area contributed by atoms with Crippen LogP contribution < -0.4 is 17.3 Å². The van der Waals surface area contributed by atoms with Crippen LogP contribution in [0.3, 0.4) is 0 Å². The van der Waals surface area contributed by atoms with Gasteiger partial charge >= 0.3 is 0 Å². The third-order valence-corrected chi connectivity index (χ3v) is 1.69. The summed E-state index contributed by atoms with van der Waals surface area (Å²) in [6, 6.07) is 0. The van der Waals surface area contributed by atoms with E-state index in [1.807, 2.05) is 19.1 Å². The molecule has 0 amide bonds. The first-order chi connectivity index (χ1) is 5.65. The lowest BCUT2D eigenvalue weighted by Gasteiger charge is -2.20. The molecule has 1 rings (SSSR count).